The van der Waals surface area contributed by atoms with Crippen molar-refractivity contribution in [1.29, 1.82) is 0 Å². The number of anilines is 2. The number of nitrogens with zero attached hydrogens (tertiary/aromatic N) is 4. The van der Waals surface area contributed by atoms with Gasteiger partial charge in [-0.1, -0.05) is 6.07 Å². The highest BCUT2D eigenvalue weighted by atomic mass is 16.6. The molecule has 2 heterocycles. The third-order valence-corrected chi connectivity index (χ3v) is 5.89. The smallest absolute Gasteiger partial charge is 0.292 e. The van der Waals surface area contributed by atoms with E-state index >= 15 is 0 Å². The van der Waals surface area contributed by atoms with Crippen LogP contribution < -0.4 is 14.5 Å². The van der Waals surface area contributed by atoms with Crippen molar-refractivity contribution in [2.24, 2.45) is 0 Å². The van der Waals surface area contributed by atoms with Crippen LogP contribution in [0.25, 0.3) is 0 Å². The highest BCUT2D eigenvalue weighted by Crippen LogP contribution is 2.33. The zero-order chi connectivity index (χ0) is 23.4. The van der Waals surface area contributed by atoms with Gasteiger partial charge in [-0.25, -0.2) is 0 Å². The summed E-state index contributed by atoms with van der Waals surface area (Å²) < 4.78 is 11.1. The molecule has 2 aliphatic heterocycles. The average Bonchev–Trinajstić information content (AvgIpc) is 2.83. The van der Waals surface area contributed by atoms with Gasteiger partial charge < -0.3 is 24.2 Å². The van der Waals surface area contributed by atoms with Crippen molar-refractivity contribution in [3.8, 4) is 5.75 Å². The minimum absolute atomic E-state index is 0.0124. The summed E-state index contributed by atoms with van der Waals surface area (Å²) >= 11 is 0. The number of benzene rings is 2. The highest BCUT2D eigenvalue weighted by Gasteiger charge is 2.26. The Balaban J connectivity index is 1.44. The van der Waals surface area contributed by atoms with E-state index in [1.165, 1.54) is 0 Å². The fourth-order valence-electron chi connectivity index (χ4n) is 4.25. The van der Waals surface area contributed by atoms with Gasteiger partial charge in [-0.05, 0) is 44.2 Å². The molecule has 2 aliphatic rings. The van der Waals surface area contributed by atoms with Crippen LogP contribution in [0.5, 0.6) is 5.75 Å². The molecule has 0 aromatic heterocycles. The molecule has 0 radical (unpaired) electrons. The van der Waals surface area contributed by atoms with E-state index < -0.39 is 0 Å². The second kappa shape index (κ2) is 10.1. The lowest BCUT2D eigenvalue weighted by Crippen LogP contribution is -2.48. The number of hydrogen-bond donors (Lipinski definition) is 0. The van der Waals surface area contributed by atoms with Crippen LogP contribution in [0, 0.1) is 10.1 Å². The van der Waals surface area contributed by atoms with E-state index in [-0.39, 0.29) is 22.6 Å². The fourth-order valence-corrected chi connectivity index (χ4v) is 4.25. The number of carbonyl (C=O) groups excluding carboxylic acids is 1. The zero-order valence-corrected chi connectivity index (χ0v) is 19.1. The van der Waals surface area contributed by atoms with Crippen LogP contribution in [0.3, 0.4) is 0 Å². The molecule has 9 nitrogen and oxygen atoms in total. The van der Waals surface area contributed by atoms with Gasteiger partial charge in [-0.3, -0.25) is 14.9 Å². The summed E-state index contributed by atoms with van der Waals surface area (Å²) in [7, 11) is 0. The van der Waals surface area contributed by atoms with E-state index in [2.05, 4.69) is 4.90 Å². The van der Waals surface area contributed by atoms with Crippen LogP contribution in [0.15, 0.2) is 42.5 Å². The minimum atomic E-state index is -0.331. The molecule has 9 heteroatoms. The predicted octanol–water partition coefficient (Wildman–Crippen LogP) is 3.18. The minimum Gasteiger partial charge on any atom is -0.491 e. The molecule has 0 spiro atoms. The van der Waals surface area contributed by atoms with Gasteiger partial charge in [0.1, 0.15) is 11.4 Å². The van der Waals surface area contributed by atoms with Crippen LogP contribution in [0.2, 0.25) is 0 Å². The summed E-state index contributed by atoms with van der Waals surface area (Å²) in [5.41, 5.74) is 2.28. The van der Waals surface area contributed by atoms with Gasteiger partial charge in [0, 0.05) is 56.6 Å². The molecule has 0 N–H and O–H groups in total. The lowest BCUT2D eigenvalue weighted by Gasteiger charge is -2.37. The molecule has 2 fully saturated rings. The molecule has 0 aliphatic carbocycles. The maximum Gasteiger partial charge on any atom is 0.292 e. The maximum atomic E-state index is 13.0. The van der Waals surface area contributed by atoms with Crippen molar-refractivity contribution < 1.29 is 19.2 Å². The van der Waals surface area contributed by atoms with Crippen molar-refractivity contribution in [2.45, 2.75) is 20.0 Å². The largest absolute Gasteiger partial charge is 0.491 e. The number of piperazine rings is 1. The molecule has 2 saturated heterocycles. The first-order valence-electron chi connectivity index (χ1n) is 11.3. The first kappa shape index (κ1) is 22.8. The Hall–Kier alpha value is -3.33. The van der Waals surface area contributed by atoms with Crippen LogP contribution in [0.4, 0.5) is 17.1 Å². The maximum absolute atomic E-state index is 13.0. The number of hydrogen-bond acceptors (Lipinski definition) is 7. The lowest BCUT2D eigenvalue weighted by molar-refractivity contribution is -0.384. The lowest BCUT2D eigenvalue weighted by atomic mass is 10.1. The second-order valence-corrected chi connectivity index (χ2v) is 8.50. The number of amides is 1. The van der Waals surface area contributed by atoms with Crippen molar-refractivity contribution >= 4 is 23.0 Å². The van der Waals surface area contributed by atoms with Gasteiger partial charge >= 0.3 is 0 Å². The summed E-state index contributed by atoms with van der Waals surface area (Å²) in [5, 5.41) is 11.6. The Kier molecular flexibility index (Phi) is 6.98. The number of carbonyl (C=O) groups is 1. The molecule has 33 heavy (non-hydrogen) atoms. The van der Waals surface area contributed by atoms with Crippen molar-refractivity contribution in [2.75, 3.05) is 62.3 Å². The monoisotopic (exact) mass is 454 g/mol. The summed E-state index contributed by atoms with van der Waals surface area (Å²) in [6.07, 6.45) is 0.0444. The molecule has 4 rings (SSSR count). The quantitative estimate of drug-likeness (QED) is 0.489. The average molecular weight is 455 g/mol. The van der Waals surface area contributed by atoms with Crippen LogP contribution in [0.1, 0.15) is 24.2 Å². The zero-order valence-electron chi connectivity index (χ0n) is 19.1. The molecular weight excluding hydrogens is 424 g/mol. The van der Waals surface area contributed by atoms with Crippen LogP contribution in [-0.2, 0) is 4.74 Å². The standard InChI is InChI=1S/C24H30N4O5/c1-18(2)33-21-5-3-4-19(16-21)24(29)27-10-8-25(9-11-27)20-6-7-22(28(30)31)23(17-20)26-12-14-32-15-13-26/h3-7,16-18H,8-15H2,1-2H3. The van der Waals surface area contributed by atoms with E-state index in [0.717, 1.165) is 5.69 Å². The van der Waals surface area contributed by atoms with Gasteiger partial charge in [0.15, 0.2) is 0 Å². The molecule has 0 saturated carbocycles. The van der Waals surface area contributed by atoms with Crippen molar-refractivity contribution in [3.05, 3.63) is 58.1 Å². The number of nitro groups is 1. The van der Waals surface area contributed by atoms with E-state index in [9.17, 15) is 14.9 Å². The predicted molar refractivity (Wildman–Crippen MR) is 126 cm³/mol. The summed E-state index contributed by atoms with van der Waals surface area (Å²) in [4.78, 5) is 30.3. The molecule has 0 bridgehead atoms. The third kappa shape index (κ3) is 5.36. The van der Waals surface area contributed by atoms with Crippen molar-refractivity contribution in [1.82, 2.24) is 4.90 Å². The Morgan fingerprint density at radius 3 is 2.39 bits per heavy atom. The topological polar surface area (TPSA) is 88.4 Å². The normalized spacial score (nSPS) is 16.8. The molecule has 176 valence electrons. The molecule has 0 atom stereocenters. The van der Waals surface area contributed by atoms with E-state index in [4.69, 9.17) is 9.47 Å². The van der Waals surface area contributed by atoms with Gasteiger partial charge in [0.2, 0.25) is 0 Å². The molecule has 2 aromatic carbocycles. The van der Waals surface area contributed by atoms with Crippen LogP contribution >= 0.6 is 0 Å². The summed E-state index contributed by atoms with van der Waals surface area (Å²) in [6, 6.07) is 12.6. The van der Waals surface area contributed by atoms with Crippen LogP contribution in [-0.4, -0.2) is 74.3 Å². The molecule has 0 unspecified atom stereocenters. The van der Waals surface area contributed by atoms with Gasteiger partial charge in [0.05, 0.1) is 24.2 Å². The van der Waals surface area contributed by atoms with E-state index in [0.29, 0.717) is 69.5 Å². The number of ether oxygens (including phenoxy) is 2. The number of rotatable bonds is 6. The molecular formula is C24H30N4O5. The Morgan fingerprint density at radius 1 is 1.00 bits per heavy atom. The number of nitro benzene ring substituents is 1. The fraction of sp³-hybridized carbons (Fsp3) is 0.458. The van der Waals surface area contributed by atoms with E-state index in [1.54, 1.807) is 18.2 Å². The third-order valence-electron chi connectivity index (χ3n) is 5.89. The van der Waals surface area contributed by atoms with E-state index in [1.807, 2.05) is 47.9 Å². The summed E-state index contributed by atoms with van der Waals surface area (Å²) in [5.74, 6) is 0.678. The van der Waals surface area contributed by atoms with Gasteiger partial charge in [0.25, 0.3) is 11.6 Å². The summed E-state index contributed by atoms with van der Waals surface area (Å²) in [6.45, 7) is 8.78. The van der Waals surface area contributed by atoms with Gasteiger partial charge in [-0.15, -0.1) is 0 Å². The molecule has 1 amide bonds. The first-order valence-corrected chi connectivity index (χ1v) is 11.3. The SMILES string of the molecule is CC(C)Oc1cccc(C(=O)N2CCN(c3ccc([N+](=O)[O-])c(N4CCOCC4)c3)CC2)c1. The highest BCUT2D eigenvalue weighted by molar-refractivity contribution is 5.94. The second-order valence-electron chi connectivity index (χ2n) is 8.50. The first-order chi connectivity index (χ1) is 15.9. The van der Waals surface area contributed by atoms with Gasteiger partial charge in [-0.2, -0.15) is 0 Å². The Labute approximate surface area is 193 Å². The Bertz CT molecular complexity index is 998. The molecule has 2 aromatic rings. The van der Waals surface area contributed by atoms with Crippen molar-refractivity contribution in [3.63, 3.8) is 0 Å². The number of morpholine rings is 1. The Morgan fingerprint density at radius 2 is 1.73 bits per heavy atom.